The average molecular weight is 275 g/mol. The molecule has 0 bridgehead atoms. The van der Waals surface area contributed by atoms with Gasteiger partial charge in [0.05, 0.1) is 5.56 Å². The number of carboxylic acid groups (broad SMARTS) is 1. The van der Waals surface area contributed by atoms with E-state index in [0.717, 1.165) is 18.0 Å². The monoisotopic (exact) mass is 275 g/mol. The fraction of sp³-hybridized carbons (Fsp3) is 0.588. The molecule has 1 unspecified atom stereocenters. The number of nitrogens with one attached hydrogen (secondary N) is 1. The third-order valence-electron chi connectivity index (χ3n) is 4.31. The molecule has 1 aliphatic rings. The van der Waals surface area contributed by atoms with Crippen LogP contribution in [0.25, 0.3) is 0 Å². The molecule has 2 rings (SSSR count). The van der Waals surface area contributed by atoms with E-state index in [4.69, 9.17) is 5.11 Å². The van der Waals surface area contributed by atoms with Crippen LogP contribution in [0.5, 0.6) is 0 Å². The smallest absolute Gasteiger partial charge is 0.335 e. The van der Waals surface area contributed by atoms with E-state index >= 15 is 0 Å². The van der Waals surface area contributed by atoms with Gasteiger partial charge in [-0.2, -0.15) is 0 Å². The number of aromatic carboxylic acids is 1. The first-order valence-electron chi connectivity index (χ1n) is 7.76. The van der Waals surface area contributed by atoms with Crippen LogP contribution in [0.4, 0.5) is 0 Å². The summed E-state index contributed by atoms with van der Waals surface area (Å²) in [4.78, 5) is 11.0. The summed E-state index contributed by atoms with van der Waals surface area (Å²) in [6, 6.07) is 7.82. The maximum Gasteiger partial charge on any atom is 0.335 e. The van der Waals surface area contributed by atoms with Crippen LogP contribution in [0.1, 0.15) is 61.4 Å². The van der Waals surface area contributed by atoms with Gasteiger partial charge in [-0.3, -0.25) is 0 Å². The van der Waals surface area contributed by atoms with Crippen molar-refractivity contribution in [3.63, 3.8) is 0 Å². The summed E-state index contributed by atoms with van der Waals surface area (Å²) in [5, 5.41) is 12.7. The number of carboxylic acids is 1. The molecular weight excluding hydrogens is 250 g/mol. The minimum Gasteiger partial charge on any atom is -0.478 e. The molecule has 0 heterocycles. The van der Waals surface area contributed by atoms with Gasteiger partial charge in [-0.25, -0.2) is 4.79 Å². The quantitative estimate of drug-likeness (QED) is 0.795. The predicted molar refractivity (Wildman–Crippen MR) is 80.9 cm³/mol. The van der Waals surface area contributed by atoms with Crippen molar-refractivity contribution in [3.8, 4) is 0 Å². The Kier molecular flexibility index (Phi) is 5.60. The van der Waals surface area contributed by atoms with Crippen molar-refractivity contribution < 1.29 is 9.90 Å². The van der Waals surface area contributed by atoms with E-state index in [-0.39, 0.29) is 0 Å². The Morgan fingerprint density at radius 1 is 1.40 bits per heavy atom. The topological polar surface area (TPSA) is 49.3 Å². The van der Waals surface area contributed by atoms with Crippen molar-refractivity contribution in [2.75, 3.05) is 0 Å². The van der Waals surface area contributed by atoms with Gasteiger partial charge in [0.25, 0.3) is 0 Å². The van der Waals surface area contributed by atoms with Gasteiger partial charge < -0.3 is 10.4 Å². The zero-order valence-corrected chi connectivity index (χ0v) is 12.3. The van der Waals surface area contributed by atoms with E-state index in [1.807, 2.05) is 12.1 Å². The summed E-state index contributed by atoms with van der Waals surface area (Å²) in [5.41, 5.74) is 1.43. The minimum absolute atomic E-state index is 0.372. The molecule has 1 atom stereocenters. The molecule has 2 N–H and O–H groups in total. The fourth-order valence-corrected chi connectivity index (χ4v) is 3.24. The van der Waals surface area contributed by atoms with Gasteiger partial charge in [0, 0.05) is 12.6 Å². The van der Waals surface area contributed by atoms with Crippen LogP contribution in [-0.4, -0.2) is 17.1 Å². The van der Waals surface area contributed by atoms with Gasteiger partial charge in [-0.1, -0.05) is 38.3 Å². The van der Waals surface area contributed by atoms with Crippen LogP contribution in [0, 0.1) is 5.92 Å². The molecule has 1 aliphatic carbocycles. The highest BCUT2D eigenvalue weighted by Gasteiger charge is 2.23. The van der Waals surface area contributed by atoms with E-state index < -0.39 is 5.97 Å². The lowest BCUT2D eigenvalue weighted by molar-refractivity contribution is 0.0696. The van der Waals surface area contributed by atoms with E-state index in [0.29, 0.717) is 11.6 Å². The second-order valence-electron chi connectivity index (χ2n) is 5.83. The molecule has 0 aliphatic heterocycles. The summed E-state index contributed by atoms with van der Waals surface area (Å²) in [5.74, 6) is -0.0506. The lowest BCUT2D eigenvalue weighted by Crippen LogP contribution is -2.34. The van der Waals surface area contributed by atoms with Crippen LogP contribution in [0.15, 0.2) is 24.3 Å². The lowest BCUT2D eigenvalue weighted by Gasteiger charge is -2.24. The first-order chi connectivity index (χ1) is 9.70. The Labute approximate surface area is 121 Å². The number of hydrogen-bond acceptors (Lipinski definition) is 2. The molecule has 0 aromatic heterocycles. The zero-order chi connectivity index (χ0) is 14.4. The third kappa shape index (κ3) is 4.07. The van der Waals surface area contributed by atoms with Gasteiger partial charge in [-0.15, -0.1) is 0 Å². The zero-order valence-electron chi connectivity index (χ0n) is 12.3. The molecule has 1 aromatic carbocycles. The first kappa shape index (κ1) is 15.0. The molecule has 3 nitrogen and oxygen atoms in total. The molecule has 0 radical (unpaired) electrons. The molecule has 0 amide bonds. The van der Waals surface area contributed by atoms with Crippen LogP contribution < -0.4 is 5.32 Å². The largest absolute Gasteiger partial charge is 0.478 e. The van der Waals surface area contributed by atoms with Gasteiger partial charge in [-0.05, 0) is 42.9 Å². The van der Waals surface area contributed by atoms with Crippen molar-refractivity contribution >= 4 is 5.97 Å². The molecule has 0 spiro atoms. The second-order valence-corrected chi connectivity index (χ2v) is 5.83. The normalized spacial score (nSPS) is 17.2. The van der Waals surface area contributed by atoms with Crippen molar-refractivity contribution in [1.82, 2.24) is 5.32 Å². The molecule has 1 saturated carbocycles. The lowest BCUT2D eigenvalue weighted by atomic mass is 9.94. The van der Waals surface area contributed by atoms with Gasteiger partial charge >= 0.3 is 5.97 Å². The Bertz CT molecular complexity index is 438. The van der Waals surface area contributed by atoms with Gasteiger partial charge in [0.2, 0.25) is 0 Å². The summed E-state index contributed by atoms with van der Waals surface area (Å²) < 4.78 is 0. The van der Waals surface area contributed by atoms with Gasteiger partial charge in [0.1, 0.15) is 0 Å². The highest BCUT2D eigenvalue weighted by atomic mass is 16.4. The summed E-state index contributed by atoms with van der Waals surface area (Å²) in [6.45, 7) is 3.00. The Morgan fingerprint density at radius 3 is 2.80 bits per heavy atom. The summed E-state index contributed by atoms with van der Waals surface area (Å²) in [7, 11) is 0. The highest BCUT2D eigenvalue weighted by Crippen LogP contribution is 2.29. The Balaban J connectivity index is 1.94. The van der Waals surface area contributed by atoms with Gasteiger partial charge in [0.15, 0.2) is 0 Å². The second kappa shape index (κ2) is 7.44. The third-order valence-corrected chi connectivity index (χ3v) is 4.31. The standard InChI is InChI=1S/C17H25NO2/c1-2-6-16(14-8-3-4-9-14)18-12-13-7-5-10-15(11-13)17(19)20/h5,7,10-11,14,16,18H,2-4,6,8-9,12H2,1H3,(H,19,20). The first-order valence-corrected chi connectivity index (χ1v) is 7.76. The van der Waals surface area contributed by atoms with E-state index in [1.165, 1.54) is 38.5 Å². The van der Waals surface area contributed by atoms with Crippen LogP contribution in [0.2, 0.25) is 0 Å². The van der Waals surface area contributed by atoms with E-state index in [9.17, 15) is 4.79 Å². The van der Waals surface area contributed by atoms with Crippen molar-refractivity contribution in [2.24, 2.45) is 5.92 Å². The van der Waals surface area contributed by atoms with Crippen LogP contribution >= 0.6 is 0 Å². The van der Waals surface area contributed by atoms with Crippen LogP contribution in [0.3, 0.4) is 0 Å². The maximum atomic E-state index is 11.0. The summed E-state index contributed by atoms with van der Waals surface area (Å²) in [6.07, 6.45) is 7.81. The molecule has 1 fully saturated rings. The predicted octanol–water partition coefficient (Wildman–Crippen LogP) is 3.83. The SMILES string of the molecule is CCCC(NCc1cccc(C(=O)O)c1)C1CCCC1. The highest BCUT2D eigenvalue weighted by molar-refractivity contribution is 5.87. The molecular formula is C17H25NO2. The van der Waals surface area contributed by atoms with E-state index in [1.54, 1.807) is 12.1 Å². The van der Waals surface area contributed by atoms with Crippen molar-refractivity contribution in [3.05, 3.63) is 35.4 Å². The molecule has 110 valence electrons. The average Bonchev–Trinajstić information content (AvgIpc) is 2.97. The maximum absolute atomic E-state index is 11.0. The Morgan fingerprint density at radius 2 is 2.15 bits per heavy atom. The van der Waals surface area contributed by atoms with Crippen LogP contribution in [-0.2, 0) is 6.54 Å². The fourth-order valence-electron chi connectivity index (χ4n) is 3.24. The molecule has 20 heavy (non-hydrogen) atoms. The minimum atomic E-state index is -0.854. The van der Waals surface area contributed by atoms with Crippen molar-refractivity contribution in [2.45, 2.75) is 58.0 Å². The number of carbonyl (C=O) groups is 1. The van der Waals surface area contributed by atoms with E-state index in [2.05, 4.69) is 12.2 Å². The Hall–Kier alpha value is -1.35. The molecule has 1 aromatic rings. The number of rotatable bonds is 7. The molecule has 3 heteroatoms. The van der Waals surface area contributed by atoms with Crippen molar-refractivity contribution in [1.29, 1.82) is 0 Å². The number of benzene rings is 1. The summed E-state index contributed by atoms with van der Waals surface area (Å²) >= 11 is 0. The number of hydrogen-bond donors (Lipinski definition) is 2. The molecule has 0 saturated heterocycles.